The highest BCUT2D eigenvalue weighted by molar-refractivity contribution is 7.89. The van der Waals surface area contributed by atoms with E-state index in [-0.39, 0.29) is 24.2 Å². The Hall–Kier alpha value is -1.48. The molecule has 1 saturated heterocycles. The Morgan fingerprint density at radius 3 is 2.74 bits per heavy atom. The van der Waals surface area contributed by atoms with E-state index in [1.165, 1.54) is 17.3 Å². The average molecular weight is 343 g/mol. The normalized spacial score (nSPS) is 20.4. The van der Waals surface area contributed by atoms with Gasteiger partial charge in [0.25, 0.3) is 0 Å². The van der Waals surface area contributed by atoms with Crippen LogP contribution in [0.5, 0.6) is 0 Å². The van der Waals surface area contributed by atoms with E-state index in [2.05, 4.69) is 15.4 Å². The van der Waals surface area contributed by atoms with E-state index in [0.29, 0.717) is 6.54 Å². The summed E-state index contributed by atoms with van der Waals surface area (Å²) in [4.78, 5) is 16.1. The van der Waals surface area contributed by atoms with Gasteiger partial charge in [0.1, 0.15) is 18.2 Å². The highest BCUT2D eigenvalue weighted by Crippen LogP contribution is 2.20. The van der Waals surface area contributed by atoms with Gasteiger partial charge >= 0.3 is 0 Å². The first kappa shape index (κ1) is 17.9. The van der Waals surface area contributed by atoms with E-state index < -0.39 is 15.6 Å². The summed E-state index contributed by atoms with van der Waals surface area (Å²) in [5.74, 6) is -0.374. The maximum atomic E-state index is 12.4. The van der Waals surface area contributed by atoms with Crippen LogP contribution in [0, 0.1) is 0 Å². The fourth-order valence-corrected chi connectivity index (χ4v) is 4.37. The number of carbonyl (C=O) groups excluding carboxylic acids is 1. The van der Waals surface area contributed by atoms with Crippen LogP contribution in [-0.4, -0.2) is 58.3 Å². The first-order valence-corrected chi connectivity index (χ1v) is 9.49. The van der Waals surface area contributed by atoms with Gasteiger partial charge in [-0.25, -0.2) is 18.1 Å². The molecular weight excluding hydrogens is 318 g/mol. The maximum absolute atomic E-state index is 12.4. The summed E-state index contributed by atoms with van der Waals surface area (Å²) in [5, 5.41) is 6.66. The molecule has 130 valence electrons. The molecule has 0 aromatic carbocycles. The largest absolute Gasteiger partial charge is 0.353 e. The van der Waals surface area contributed by atoms with Crippen molar-refractivity contribution in [1.82, 2.24) is 24.4 Å². The van der Waals surface area contributed by atoms with Gasteiger partial charge in [-0.15, -0.1) is 0 Å². The zero-order valence-electron chi connectivity index (χ0n) is 13.9. The number of hydrogen-bond donors (Lipinski definition) is 1. The van der Waals surface area contributed by atoms with Crippen molar-refractivity contribution in [3.8, 4) is 0 Å². The molecule has 2 heterocycles. The number of hydrogen-bond acceptors (Lipinski definition) is 5. The van der Waals surface area contributed by atoms with Crippen LogP contribution >= 0.6 is 0 Å². The molecule has 0 radical (unpaired) electrons. The minimum Gasteiger partial charge on any atom is -0.353 e. The molecule has 0 spiro atoms. The van der Waals surface area contributed by atoms with Crippen LogP contribution in [0.1, 0.15) is 40.0 Å². The van der Waals surface area contributed by atoms with Gasteiger partial charge in [0, 0.05) is 19.1 Å². The van der Waals surface area contributed by atoms with E-state index in [1.807, 2.05) is 6.92 Å². The van der Waals surface area contributed by atoms with Gasteiger partial charge in [-0.05, 0) is 33.6 Å². The van der Waals surface area contributed by atoms with Gasteiger partial charge < -0.3 is 5.32 Å². The second kappa shape index (κ2) is 6.96. The SMILES string of the molecule is CC1CCCCN1S(=O)(=O)CCNC(=O)C(C)(C)n1cncn1. The Morgan fingerprint density at radius 2 is 2.13 bits per heavy atom. The van der Waals surface area contributed by atoms with Crippen molar-refractivity contribution >= 4 is 15.9 Å². The van der Waals surface area contributed by atoms with Crippen LogP contribution in [0.2, 0.25) is 0 Å². The Kier molecular flexibility index (Phi) is 5.41. The Bertz CT molecular complexity index is 627. The second-order valence-electron chi connectivity index (χ2n) is 6.43. The molecule has 1 N–H and O–H groups in total. The molecule has 1 aliphatic heterocycles. The van der Waals surface area contributed by atoms with Gasteiger partial charge in [-0.3, -0.25) is 4.79 Å². The predicted octanol–water partition coefficient (Wildman–Crippen LogP) is 0.334. The quantitative estimate of drug-likeness (QED) is 0.803. The van der Waals surface area contributed by atoms with Gasteiger partial charge in [-0.1, -0.05) is 6.42 Å². The first-order chi connectivity index (χ1) is 10.7. The van der Waals surface area contributed by atoms with Crippen molar-refractivity contribution in [2.75, 3.05) is 18.8 Å². The van der Waals surface area contributed by atoms with E-state index in [4.69, 9.17) is 0 Å². The summed E-state index contributed by atoms with van der Waals surface area (Å²) in [7, 11) is -3.34. The van der Waals surface area contributed by atoms with Crippen molar-refractivity contribution < 1.29 is 13.2 Å². The summed E-state index contributed by atoms with van der Waals surface area (Å²) in [6, 6.07) is 0.0380. The molecule has 1 aromatic heterocycles. The van der Waals surface area contributed by atoms with E-state index in [9.17, 15) is 13.2 Å². The van der Waals surface area contributed by atoms with Crippen molar-refractivity contribution in [2.24, 2.45) is 0 Å². The average Bonchev–Trinajstić information content (AvgIpc) is 3.02. The molecule has 9 heteroatoms. The zero-order valence-corrected chi connectivity index (χ0v) is 14.7. The number of carbonyl (C=O) groups is 1. The molecule has 1 aliphatic rings. The fraction of sp³-hybridized carbons (Fsp3) is 0.786. The van der Waals surface area contributed by atoms with Crippen LogP contribution in [0.3, 0.4) is 0 Å². The third-order valence-corrected chi connectivity index (χ3v) is 6.27. The summed E-state index contributed by atoms with van der Waals surface area (Å²) < 4.78 is 27.8. The molecule has 2 rings (SSSR count). The standard InChI is InChI=1S/C14H25N5O3S/c1-12-6-4-5-8-18(12)23(21,22)9-7-16-13(20)14(2,3)19-11-15-10-17-19/h10-12H,4-9H2,1-3H3,(H,16,20). The molecule has 1 aromatic rings. The van der Waals surface area contributed by atoms with Gasteiger partial charge in [-0.2, -0.15) is 9.40 Å². The third kappa shape index (κ3) is 4.08. The summed E-state index contributed by atoms with van der Waals surface area (Å²) in [5.41, 5.74) is -0.918. The molecule has 23 heavy (non-hydrogen) atoms. The highest BCUT2D eigenvalue weighted by atomic mass is 32.2. The number of amides is 1. The number of piperidine rings is 1. The fourth-order valence-electron chi connectivity index (χ4n) is 2.71. The molecule has 1 atom stereocenters. The van der Waals surface area contributed by atoms with Gasteiger partial charge in [0.15, 0.2) is 0 Å². The Labute approximate surface area is 137 Å². The topological polar surface area (TPSA) is 97.2 Å². The maximum Gasteiger partial charge on any atom is 0.247 e. The first-order valence-electron chi connectivity index (χ1n) is 7.88. The lowest BCUT2D eigenvalue weighted by Gasteiger charge is -2.32. The Morgan fingerprint density at radius 1 is 1.39 bits per heavy atom. The van der Waals surface area contributed by atoms with Crippen LogP contribution < -0.4 is 5.32 Å². The monoisotopic (exact) mass is 343 g/mol. The molecule has 8 nitrogen and oxygen atoms in total. The van der Waals surface area contributed by atoms with Crippen LogP contribution in [0.15, 0.2) is 12.7 Å². The lowest BCUT2D eigenvalue weighted by Crippen LogP contribution is -2.48. The van der Waals surface area contributed by atoms with E-state index >= 15 is 0 Å². The molecule has 0 saturated carbocycles. The highest BCUT2D eigenvalue weighted by Gasteiger charge is 2.32. The number of nitrogens with zero attached hydrogens (tertiary/aromatic N) is 4. The minimum absolute atomic E-state index is 0.0380. The lowest BCUT2D eigenvalue weighted by atomic mass is 10.1. The van der Waals surface area contributed by atoms with Crippen LogP contribution in [-0.2, 0) is 20.4 Å². The number of aromatic nitrogens is 3. The number of nitrogens with one attached hydrogen (secondary N) is 1. The smallest absolute Gasteiger partial charge is 0.247 e. The van der Waals surface area contributed by atoms with Gasteiger partial charge in [0.05, 0.1) is 5.75 Å². The van der Waals surface area contributed by atoms with Crippen molar-refractivity contribution in [1.29, 1.82) is 0 Å². The molecule has 1 amide bonds. The van der Waals surface area contributed by atoms with Crippen molar-refractivity contribution in [2.45, 2.75) is 51.6 Å². The molecule has 1 fully saturated rings. The lowest BCUT2D eigenvalue weighted by molar-refractivity contribution is -0.128. The second-order valence-corrected chi connectivity index (χ2v) is 8.47. The van der Waals surface area contributed by atoms with Crippen LogP contribution in [0.25, 0.3) is 0 Å². The third-order valence-electron chi connectivity index (χ3n) is 4.29. The number of rotatable bonds is 6. The summed E-state index contributed by atoms with van der Waals surface area (Å²) in [6.07, 6.45) is 5.68. The summed E-state index contributed by atoms with van der Waals surface area (Å²) in [6.45, 7) is 6.00. The molecular formula is C14H25N5O3S. The Balaban J connectivity index is 1.90. The van der Waals surface area contributed by atoms with Crippen LogP contribution in [0.4, 0.5) is 0 Å². The molecule has 0 aliphatic carbocycles. The van der Waals surface area contributed by atoms with E-state index in [0.717, 1.165) is 19.3 Å². The summed E-state index contributed by atoms with van der Waals surface area (Å²) >= 11 is 0. The van der Waals surface area contributed by atoms with Crippen molar-refractivity contribution in [3.63, 3.8) is 0 Å². The van der Waals surface area contributed by atoms with Gasteiger partial charge in [0.2, 0.25) is 15.9 Å². The molecule has 0 bridgehead atoms. The minimum atomic E-state index is -3.34. The number of sulfonamides is 1. The van der Waals surface area contributed by atoms with E-state index in [1.54, 1.807) is 18.2 Å². The predicted molar refractivity (Wildman–Crippen MR) is 86.2 cm³/mol. The zero-order chi connectivity index (χ0) is 17.1. The van der Waals surface area contributed by atoms with Crippen molar-refractivity contribution in [3.05, 3.63) is 12.7 Å². The molecule has 1 unspecified atom stereocenters.